The van der Waals surface area contributed by atoms with Crippen LogP contribution in [-0.2, 0) is 11.3 Å². The van der Waals surface area contributed by atoms with E-state index in [9.17, 15) is 14.9 Å². The van der Waals surface area contributed by atoms with Gasteiger partial charge < -0.3 is 10.2 Å². The molecule has 0 saturated carbocycles. The molecule has 3 aromatic rings. The number of carbonyl (C=O) groups excluding carboxylic acids is 1. The summed E-state index contributed by atoms with van der Waals surface area (Å²) in [4.78, 5) is 24.4. The molecule has 0 spiro atoms. The van der Waals surface area contributed by atoms with Gasteiger partial charge in [-0.25, -0.2) is 4.68 Å². The molecule has 30 heavy (non-hydrogen) atoms. The summed E-state index contributed by atoms with van der Waals surface area (Å²) in [5.41, 5.74) is 4.11. The fourth-order valence-electron chi connectivity index (χ4n) is 3.39. The van der Waals surface area contributed by atoms with Gasteiger partial charge in [-0.15, -0.1) is 0 Å². The fraction of sp³-hybridized carbons (Fsp3) is 0.273. The molecule has 0 aliphatic rings. The summed E-state index contributed by atoms with van der Waals surface area (Å²) >= 11 is 0. The summed E-state index contributed by atoms with van der Waals surface area (Å²) < 4.78 is 1.91. The van der Waals surface area contributed by atoms with Crippen LogP contribution in [0.2, 0.25) is 0 Å². The van der Waals surface area contributed by atoms with E-state index in [1.165, 1.54) is 12.1 Å². The van der Waals surface area contributed by atoms with E-state index in [-0.39, 0.29) is 17.3 Å². The highest BCUT2D eigenvalue weighted by Crippen LogP contribution is 2.23. The number of quaternary nitrogens is 1. The first kappa shape index (κ1) is 21.2. The molecule has 0 aliphatic heterocycles. The second kappa shape index (κ2) is 8.87. The van der Waals surface area contributed by atoms with E-state index in [4.69, 9.17) is 0 Å². The number of anilines is 1. The number of nitrogens with one attached hydrogen (secondary N) is 2. The maximum Gasteiger partial charge on any atom is 0.292 e. The second-order valence-electron chi connectivity index (χ2n) is 7.41. The molecular weight excluding hydrogens is 382 g/mol. The van der Waals surface area contributed by atoms with Crippen molar-refractivity contribution in [1.29, 1.82) is 0 Å². The highest BCUT2D eigenvalue weighted by atomic mass is 16.6. The summed E-state index contributed by atoms with van der Waals surface area (Å²) in [6, 6.07) is 15.6. The van der Waals surface area contributed by atoms with Crippen LogP contribution in [0.4, 0.5) is 11.4 Å². The van der Waals surface area contributed by atoms with Gasteiger partial charge in [0.15, 0.2) is 6.04 Å². The Hall–Kier alpha value is -3.52. The van der Waals surface area contributed by atoms with Crippen LogP contribution < -0.4 is 10.2 Å². The van der Waals surface area contributed by atoms with E-state index < -0.39 is 11.0 Å². The van der Waals surface area contributed by atoms with Crippen LogP contribution in [0.1, 0.15) is 23.9 Å². The summed E-state index contributed by atoms with van der Waals surface area (Å²) in [6.45, 7) is 6.41. The Morgan fingerprint density at radius 3 is 2.47 bits per heavy atom. The fourth-order valence-corrected chi connectivity index (χ4v) is 3.39. The van der Waals surface area contributed by atoms with Crippen molar-refractivity contribution in [2.75, 3.05) is 12.4 Å². The second-order valence-corrected chi connectivity index (χ2v) is 7.41. The number of aromatic nitrogens is 2. The molecule has 0 fully saturated rings. The lowest BCUT2D eigenvalue weighted by Crippen LogP contribution is -3.12. The third kappa shape index (κ3) is 4.38. The Balaban J connectivity index is 1.75. The Bertz CT molecular complexity index is 1060. The first-order valence-corrected chi connectivity index (χ1v) is 9.76. The van der Waals surface area contributed by atoms with Crippen LogP contribution in [0, 0.1) is 24.0 Å². The third-order valence-electron chi connectivity index (χ3n) is 5.39. The molecule has 8 nitrogen and oxygen atoms in total. The number of benzene rings is 2. The van der Waals surface area contributed by atoms with Gasteiger partial charge in [-0.05, 0) is 39.0 Å². The van der Waals surface area contributed by atoms with Gasteiger partial charge in [0, 0.05) is 6.07 Å². The molecule has 2 aromatic carbocycles. The maximum absolute atomic E-state index is 12.7. The minimum Gasteiger partial charge on any atom is -0.324 e. The van der Waals surface area contributed by atoms with Gasteiger partial charge in [-0.3, -0.25) is 14.9 Å². The van der Waals surface area contributed by atoms with E-state index in [2.05, 4.69) is 10.4 Å². The lowest BCUT2D eigenvalue weighted by molar-refractivity contribution is -0.907. The Morgan fingerprint density at radius 1 is 1.17 bits per heavy atom. The molecule has 1 heterocycles. The summed E-state index contributed by atoms with van der Waals surface area (Å²) in [5.74, 6) is -0.271. The predicted molar refractivity (Wildman–Crippen MR) is 115 cm³/mol. The normalized spacial score (nSPS) is 12.9. The molecule has 8 heteroatoms. The Labute approximate surface area is 175 Å². The number of hydrogen-bond donors (Lipinski definition) is 2. The van der Waals surface area contributed by atoms with Gasteiger partial charge in [0.25, 0.3) is 11.6 Å². The van der Waals surface area contributed by atoms with Crippen LogP contribution >= 0.6 is 0 Å². The van der Waals surface area contributed by atoms with Crippen LogP contribution in [0.5, 0.6) is 0 Å². The zero-order chi connectivity index (χ0) is 21.8. The van der Waals surface area contributed by atoms with Gasteiger partial charge in [-0.2, -0.15) is 5.10 Å². The number of nitro benzene ring substituents is 1. The number of amides is 1. The van der Waals surface area contributed by atoms with E-state index in [0.717, 1.165) is 27.5 Å². The maximum atomic E-state index is 12.7. The highest BCUT2D eigenvalue weighted by Gasteiger charge is 2.26. The molecule has 2 atom stereocenters. The third-order valence-corrected chi connectivity index (χ3v) is 5.39. The number of para-hydroxylation sites is 3. The molecule has 1 unspecified atom stereocenters. The number of carbonyl (C=O) groups is 1. The van der Waals surface area contributed by atoms with Gasteiger partial charge in [0.05, 0.1) is 34.6 Å². The van der Waals surface area contributed by atoms with Crippen molar-refractivity contribution in [3.63, 3.8) is 0 Å². The van der Waals surface area contributed by atoms with E-state index in [1.807, 2.05) is 62.8 Å². The lowest BCUT2D eigenvalue weighted by Gasteiger charge is -2.21. The minimum atomic E-state index is -0.498. The first-order chi connectivity index (χ1) is 14.3. The monoisotopic (exact) mass is 408 g/mol. The van der Waals surface area contributed by atoms with Crippen molar-refractivity contribution in [3.8, 4) is 5.69 Å². The van der Waals surface area contributed by atoms with Gasteiger partial charge >= 0.3 is 0 Å². The van der Waals surface area contributed by atoms with E-state index >= 15 is 0 Å². The number of nitro groups is 1. The number of rotatable bonds is 7. The quantitative estimate of drug-likeness (QED) is 0.464. The summed E-state index contributed by atoms with van der Waals surface area (Å²) in [7, 11) is 1.93. The number of nitrogens with zero attached hydrogens (tertiary/aromatic N) is 3. The van der Waals surface area contributed by atoms with Crippen molar-refractivity contribution in [3.05, 3.63) is 81.7 Å². The molecular formula is C22H26N5O3+. The van der Waals surface area contributed by atoms with Crippen molar-refractivity contribution >= 4 is 17.3 Å². The number of likely N-dealkylation sites (N-methyl/N-ethyl adjacent to an activating group) is 1. The molecule has 156 valence electrons. The summed E-state index contributed by atoms with van der Waals surface area (Å²) in [6.07, 6.45) is 0. The van der Waals surface area contributed by atoms with Crippen molar-refractivity contribution in [1.82, 2.24) is 9.78 Å². The van der Waals surface area contributed by atoms with Crippen molar-refractivity contribution in [2.24, 2.45) is 0 Å². The van der Waals surface area contributed by atoms with Crippen LogP contribution in [-0.4, -0.2) is 33.7 Å². The molecule has 0 bridgehead atoms. The zero-order valence-corrected chi connectivity index (χ0v) is 17.5. The van der Waals surface area contributed by atoms with Gasteiger partial charge in [0.2, 0.25) is 0 Å². The number of aryl methyl sites for hydroxylation is 1. The molecule has 0 aliphatic carbocycles. The van der Waals surface area contributed by atoms with Gasteiger partial charge in [-0.1, -0.05) is 30.3 Å². The Morgan fingerprint density at radius 2 is 1.80 bits per heavy atom. The average Bonchev–Trinajstić information content (AvgIpc) is 3.02. The number of hydrogen-bond acceptors (Lipinski definition) is 4. The molecule has 0 saturated heterocycles. The molecule has 1 amide bonds. The van der Waals surface area contributed by atoms with Crippen LogP contribution in [0.3, 0.4) is 0 Å². The smallest absolute Gasteiger partial charge is 0.292 e. The highest BCUT2D eigenvalue weighted by molar-refractivity contribution is 5.95. The van der Waals surface area contributed by atoms with E-state index in [0.29, 0.717) is 6.54 Å². The first-order valence-electron chi connectivity index (χ1n) is 9.76. The van der Waals surface area contributed by atoms with Crippen LogP contribution in [0.25, 0.3) is 5.69 Å². The van der Waals surface area contributed by atoms with Crippen molar-refractivity contribution in [2.45, 2.75) is 33.4 Å². The molecule has 1 aromatic heterocycles. The SMILES string of the molecule is Cc1nn(-c2ccccc2)c(C)c1C[NH+](C)[C@H](C)C(=O)Nc1ccccc1[N+](=O)[O-]. The average molecular weight is 408 g/mol. The minimum absolute atomic E-state index is 0.119. The lowest BCUT2D eigenvalue weighted by atomic mass is 10.1. The van der Waals surface area contributed by atoms with Gasteiger partial charge in [0.1, 0.15) is 12.2 Å². The molecule has 3 rings (SSSR count). The zero-order valence-electron chi connectivity index (χ0n) is 17.5. The Kier molecular flexibility index (Phi) is 6.27. The topological polar surface area (TPSA) is 94.5 Å². The molecule has 0 radical (unpaired) electrons. The largest absolute Gasteiger partial charge is 0.324 e. The standard InChI is InChI=1S/C22H25N5O3/c1-15-19(16(2)26(24-15)18-10-6-5-7-11-18)14-25(4)17(3)22(28)23-20-12-8-9-13-21(20)27(29)30/h5-13,17H,14H2,1-4H3,(H,23,28)/p+1/t17-/m1/s1. The molecule has 2 N–H and O–H groups in total. The van der Waals surface area contributed by atoms with Crippen LogP contribution in [0.15, 0.2) is 54.6 Å². The predicted octanol–water partition coefficient (Wildman–Crippen LogP) is 2.44. The summed E-state index contributed by atoms with van der Waals surface area (Å²) in [5, 5.41) is 18.5. The van der Waals surface area contributed by atoms with E-state index in [1.54, 1.807) is 12.1 Å². The van der Waals surface area contributed by atoms with Crippen molar-refractivity contribution < 1.29 is 14.6 Å².